The molecule has 1 aromatic rings. The summed E-state index contributed by atoms with van der Waals surface area (Å²) in [6, 6.07) is 4.93. The normalized spacial score (nSPS) is 18.7. The van der Waals surface area contributed by atoms with Gasteiger partial charge in [-0.2, -0.15) is 0 Å². The highest BCUT2D eigenvalue weighted by molar-refractivity contribution is 5.97. The van der Waals surface area contributed by atoms with Crippen LogP contribution >= 0.6 is 0 Å². The van der Waals surface area contributed by atoms with Crippen molar-refractivity contribution in [2.45, 2.75) is 44.7 Å². The minimum absolute atomic E-state index is 0.0963. The van der Waals surface area contributed by atoms with Crippen molar-refractivity contribution in [1.82, 2.24) is 5.32 Å². The third kappa shape index (κ3) is 3.04. The average Bonchev–Trinajstić information content (AvgIpc) is 2.84. The van der Waals surface area contributed by atoms with Crippen molar-refractivity contribution in [2.24, 2.45) is 10.9 Å². The first-order valence-corrected chi connectivity index (χ1v) is 6.56. The molecule has 0 amide bonds. The Kier molecular flexibility index (Phi) is 4.04. The lowest BCUT2D eigenvalue weighted by Gasteiger charge is -2.25. The largest absolute Gasteiger partial charge is 0.409 e. The van der Waals surface area contributed by atoms with Gasteiger partial charge in [0.1, 0.15) is 5.82 Å². The molecule has 0 aliphatic heterocycles. The molecule has 0 radical (unpaired) electrons. The van der Waals surface area contributed by atoms with E-state index in [2.05, 4.69) is 17.4 Å². The lowest BCUT2D eigenvalue weighted by molar-refractivity contribution is 0.318. The summed E-state index contributed by atoms with van der Waals surface area (Å²) in [6.07, 6.45) is 4.68. The third-order valence-corrected chi connectivity index (χ3v) is 3.88. The number of rotatable bonds is 4. The monoisotopic (exact) mass is 265 g/mol. The zero-order chi connectivity index (χ0) is 13.9. The van der Waals surface area contributed by atoms with Crippen molar-refractivity contribution in [1.29, 1.82) is 0 Å². The first-order valence-electron chi connectivity index (χ1n) is 6.56. The van der Waals surface area contributed by atoms with Crippen LogP contribution in [0.15, 0.2) is 23.4 Å². The molecule has 0 atom stereocenters. The molecule has 104 valence electrons. The molecule has 0 unspecified atom stereocenters. The maximum atomic E-state index is 14.2. The molecule has 1 aliphatic rings. The van der Waals surface area contributed by atoms with E-state index in [1.165, 1.54) is 18.9 Å². The minimum atomic E-state index is -0.424. The van der Waals surface area contributed by atoms with Gasteiger partial charge in [-0.05, 0) is 25.8 Å². The Morgan fingerprint density at radius 3 is 2.79 bits per heavy atom. The second kappa shape index (κ2) is 5.57. The van der Waals surface area contributed by atoms with Crippen LogP contribution in [0.5, 0.6) is 0 Å². The van der Waals surface area contributed by atoms with Crippen LogP contribution in [0, 0.1) is 5.82 Å². The molecular formula is C14H20FN3O. The standard InChI is InChI=1S/C14H20FN3O/c1-14(7-2-3-8-14)17-9-10-5-4-6-11(12(10)15)13(16)18-19/h4-6,17,19H,2-3,7-9H2,1H3,(H2,16,18). The van der Waals surface area contributed by atoms with Gasteiger partial charge in [0.25, 0.3) is 0 Å². The summed E-state index contributed by atoms with van der Waals surface area (Å²) in [4.78, 5) is 0. The zero-order valence-electron chi connectivity index (χ0n) is 11.1. The molecule has 0 aromatic heterocycles. The Morgan fingerprint density at radius 1 is 1.47 bits per heavy atom. The summed E-state index contributed by atoms with van der Waals surface area (Å²) in [6.45, 7) is 2.63. The molecule has 19 heavy (non-hydrogen) atoms. The molecule has 1 aromatic carbocycles. The fourth-order valence-corrected chi connectivity index (χ4v) is 2.61. The van der Waals surface area contributed by atoms with Crippen molar-refractivity contribution in [3.05, 3.63) is 35.1 Å². The first-order chi connectivity index (χ1) is 9.06. The molecule has 1 aliphatic carbocycles. The van der Waals surface area contributed by atoms with Crippen LogP contribution < -0.4 is 11.1 Å². The summed E-state index contributed by atoms with van der Waals surface area (Å²) < 4.78 is 14.2. The highest BCUT2D eigenvalue weighted by Gasteiger charge is 2.28. The van der Waals surface area contributed by atoms with Gasteiger partial charge in [0.05, 0.1) is 5.56 Å². The van der Waals surface area contributed by atoms with Gasteiger partial charge in [0.2, 0.25) is 0 Å². The number of halogens is 1. The second-order valence-electron chi connectivity index (χ2n) is 5.39. The first kappa shape index (κ1) is 13.8. The second-order valence-corrected chi connectivity index (χ2v) is 5.39. The Hall–Kier alpha value is -1.62. The smallest absolute Gasteiger partial charge is 0.173 e. The van der Waals surface area contributed by atoms with Gasteiger partial charge in [-0.3, -0.25) is 0 Å². The number of hydrogen-bond acceptors (Lipinski definition) is 3. The number of amidine groups is 1. The van der Waals surface area contributed by atoms with Crippen LogP contribution in [-0.4, -0.2) is 16.6 Å². The van der Waals surface area contributed by atoms with E-state index >= 15 is 0 Å². The number of benzene rings is 1. The number of nitrogens with two attached hydrogens (primary N) is 1. The van der Waals surface area contributed by atoms with E-state index in [4.69, 9.17) is 10.9 Å². The number of hydrogen-bond donors (Lipinski definition) is 3. The molecule has 4 N–H and O–H groups in total. The Morgan fingerprint density at radius 2 is 2.16 bits per heavy atom. The van der Waals surface area contributed by atoms with Crippen LogP contribution in [0.2, 0.25) is 0 Å². The average molecular weight is 265 g/mol. The third-order valence-electron chi connectivity index (χ3n) is 3.88. The fraction of sp³-hybridized carbons (Fsp3) is 0.500. The predicted molar refractivity (Wildman–Crippen MR) is 72.6 cm³/mol. The van der Waals surface area contributed by atoms with E-state index in [9.17, 15) is 4.39 Å². The highest BCUT2D eigenvalue weighted by atomic mass is 19.1. The van der Waals surface area contributed by atoms with Crippen LogP contribution in [0.3, 0.4) is 0 Å². The summed E-state index contributed by atoms with van der Waals surface area (Å²) in [5.74, 6) is -0.627. The summed E-state index contributed by atoms with van der Waals surface area (Å²) in [5, 5.41) is 14.9. The van der Waals surface area contributed by atoms with Gasteiger partial charge in [-0.15, -0.1) is 0 Å². The topological polar surface area (TPSA) is 70.6 Å². The molecule has 1 saturated carbocycles. The molecule has 1 fully saturated rings. The zero-order valence-corrected chi connectivity index (χ0v) is 11.1. The van der Waals surface area contributed by atoms with Gasteiger partial charge in [-0.25, -0.2) is 4.39 Å². The number of nitrogens with one attached hydrogen (secondary N) is 1. The van der Waals surface area contributed by atoms with E-state index in [0.717, 1.165) is 12.8 Å². The predicted octanol–water partition coefficient (Wildman–Crippen LogP) is 2.34. The minimum Gasteiger partial charge on any atom is -0.409 e. The van der Waals surface area contributed by atoms with Gasteiger partial charge in [0.15, 0.2) is 5.84 Å². The molecule has 5 heteroatoms. The van der Waals surface area contributed by atoms with Crippen molar-refractivity contribution >= 4 is 5.84 Å². The van der Waals surface area contributed by atoms with Crippen LogP contribution in [0.25, 0.3) is 0 Å². The van der Waals surface area contributed by atoms with Crippen molar-refractivity contribution in [3.8, 4) is 0 Å². The van der Waals surface area contributed by atoms with Gasteiger partial charge in [0, 0.05) is 17.6 Å². The molecule has 0 spiro atoms. The lowest BCUT2D eigenvalue weighted by atomic mass is 10.00. The number of nitrogens with zero attached hydrogens (tertiary/aromatic N) is 1. The van der Waals surface area contributed by atoms with Gasteiger partial charge in [-0.1, -0.05) is 30.1 Å². The van der Waals surface area contributed by atoms with Crippen molar-refractivity contribution < 1.29 is 9.60 Å². The molecule has 0 heterocycles. The summed E-state index contributed by atoms with van der Waals surface area (Å²) in [7, 11) is 0. The molecular weight excluding hydrogens is 245 g/mol. The van der Waals surface area contributed by atoms with E-state index < -0.39 is 5.82 Å². The number of oxime groups is 1. The molecule has 0 saturated heterocycles. The lowest BCUT2D eigenvalue weighted by Crippen LogP contribution is -2.39. The van der Waals surface area contributed by atoms with E-state index in [-0.39, 0.29) is 16.9 Å². The van der Waals surface area contributed by atoms with Crippen molar-refractivity contribution in [2.75, 3.05) is 0 Å². The maximum Gasteiger partial charge on any atom is 0.173 e. The van der Waals surface area contributed by atoms with Crippen LogP contribution in [0.4, 0.5) is 4.39 Å². The van der Waals surface area contributed by atoms with Gasteiger partial charge >= 0.3 is 0 Å². The van der Waals surface area contributed by atoms with E-state index in [1.807, 2.05) is 0 Å². The highest BCUT2D eigenvalue weighted by Crippen LogP contribution is 2.29. The Labute approximate surface area is 112 Å². The van der Waals surface area contributed by atoms with E-state index in [1.54, 1.807) is 12.1 Å². The quantitative estimate of drug-likeness (QED) is 0.339. The molecule has 0 bridgehead atoms. The van der Waals surface area contributed by atoms with Gasteiger partial charge < -0.3 is 16.3 Å². The van der Waals surface area contributed by atoms with E-state index in [0.29, 0.717) is 12.1 Å². The SMILES string of the molecule is CC1(NCc2cccc(/C(N)=N/O)c2F)CCCC1. The Balaban J connectivity index is 2.12. The summed E-state index contributed by atoms with van der Waals surface area (Å²) >= 11 is 0. The maximum absolute atomic E-state index is 14.2. The molecule has 4 nitrogen and oxygen atoms in total. The van der Waals surface area contributed by atoms with Crippen molar-refractivity contribution in [3.63, 3.8) is 0 Å². The van der Waals surface area contributed by atoms with Crippen LogP contribution in [-0.2, 0) is 6.54 Å². The summed E-state index contributed by atoms with van der Waals surface area (Å²) in [5.41, 5.74) is 6.22. The fourth-order valence-electron chi connectivity index (χ4n) is 2.61. The van der Waals surface area contributed by atoms with Crippen LogP contribution in [0.1, 0.15) is 43.7 Å². The Bertz CT molecular complexity index is 482. The molecule has 2 rings (SSSR count).